The minimum Gasteiger partial charge on any atom is -0.469 e. The third kappa shape index (κ3) is 3.38. The van der Waals surface area contributed by atoms with Crippen LogP contribution in [0.1, 0.15) is 19.3 Å². The number of thioether (sulfide) groups is 1. The smallest absolute Gasteiger partial charge is 0.308 e. The van der Waals surface area contributed by atoms with E-state index in [2.05, 4.69) is 4.74 Å². The molecule has 0 aromatic carbocycles. The number of methoxy groups -OCH3 is 1. The summed E-state index contributed by atoms with van der Waals surface area (Å²) < 4.78 is 10.1. The predicted molar refractivity (Wildman–Crippen MR) is 68.4 cm³/mol. The molecule has 2 atom stereocenters. The Morgan fingerprint density at radius 3 is 3.00 bits per heavy atom. The van der Waals surface area contributed by atoms with Gasteiger partial charge in [0.15, 0.2) is 0 Å². The molecule has 0 aromatic rings. The first-order chi connectivity index (χ1) is 8.70. The number of carbonyl (C=O) groups is 2. The van der Waals surface area contributed by atoms with Gasteiger partial charge in [0.1, 0.15) is 0 Å². The summed E-state index contributed by atoms with van der Waals surface area (Å²) in [5.41, 5.74) is 0. The molecule has 6 heteroatoms. The van der Waals surface area contributed by atoms with Crippen LogP contribution in [0.15, 0.2) is 0 Å². The molecule has 0 spiro atoms. The second kappa shape index (κ2) is 6.43. The third-order valence-corrected chi connectivity index (χ3v) is 4.64. The average molecular weight is 273 g/mol. The minimum absolute atomic E-state index is 0.113. The van der Waals surface area contributed by atoms with Gasteiger partial charge in [-0.15, -0.1) is 11.8 Å². The van der Waals surface area contributed by atoms with Crippen molar-refractivity contribution in [2.75, 3.05) is 32.6 Å². The fraction of sp³-hybridized carbons (Fsp3) is 0.833. The summed E-state index contributed by atoms with van der Waals surface area (Å²) in [5, 5.41) is 0.113. The van der Waals surface area contributed by atoms with Crippen LogP contribution in [0, 0.1) is 0 Å². The van der Waals surface area contributed by atoms with Crippen LogP contribution in [0.4, 0.5) is 0 Å². The van der Waals surface area contributed by atoms with Crippen LogP contribution in [0.5, 0.6) is 0 Å². The highest BCUT2D eigenvalue weighted by atomic mass is 32.2. The van der Waals surface area contributed by atoms with Gasteiger partial charge < -0.3 is 14.4 Å². The van der Waals surface area contributed by atoms with Crippen molar-refractivity contribution < 1.29 is 19.1 Å². The molecule has 5 nitrogen and oxygen atoms in total. The molecule has 0 saturated carbocycles. The standard InChI is InChI=1S/C12H19NO4S/c1-16-11(14)7-9-8-13(4-5-17-9)12(15)10-3-2-6-18-10/h9-10H,2-8H2,1H3. The summed E-state index contributed by atoms with van der Waals surface area (Å²) in [6.07, 6.45) is 2.10. The third-order valence-electron chi connectivity index (χ3n) is 3.28. The minimum atomic E-state index is -0.287. The molecule has 2 fully saturated rings. The first-order valence-electron chi connectivity index (χ1n) is 6.29. The van der Waals surface area contributed by atoms with Gasteiger partial charge in [0.05, 0.1) is 31.5 Å². The molecule has 0 aliphatic carbocycles. The molecule has 0 aromatic heterocycles. The van der Waals surface area contributed by atoms with Gasteiger partial charge in [-0.25, -0.2) is 0 Å². The molecular formula is C12H19NO4S. The van der Waals surface area contributed by atoms with Crippen LogP contribution in [-0.2, 0) is 19.1 Å². The van der Waals surface area contributed by atoms with E-state index < -0.39 is 0 Å². The summed E-state index contributed by atoms with van der Waals surface area (Å²) in [4.78, 5) is 25.3. The van der Waals surface area contributed by atoms with Gasteiger partial charge in [-0.3, -0.25) is 9.59 Å². The van der Waals surface area contributed by atoms with E-state index >= 15 is 0 Å². The molecule has 2 rings (SSSR count). The maximum atomic E-state index is 12.2. The molecule has 0 N–H and O–H groups in total. The van der Waals surface area contributed by atoms with Crippen molar-refractivity contribution in [3.05, 3.63) is 0 Å². The number of hydrogen-bond donors (Lipinski definition) is 0. The average Bonchev–Trinajstić information content (AvgIpc) is 2.92. The lowest BCUT2D eigenvalue weighted by molar-refractivity contribution is -0.149. The van der Waals surface area contributed by atoms with Crippen LogP contribution in [0.2, 0.25) is 0 Å². The van der Waals surface area contributed by atoms with Gasteiger partial charge in [-0.05, 0) is 18.6 Å². The lowest BCUT2D eigenvalue weighted by atomic mass is 10.1. The van der Waals surface area contributed by atoms with E-state index in [0.717, 1.165) is 18.6 Å². The number of hydrogen-bond acceptors (Lipinski definition) is 5. The van der Waals surface area contributed by atoms with Gasteiger partial charge >= 0.3 is 5.97 Å². The van der Waals surface area contributed by atoms with E-state index in [-0.39, 0.29) is 29.7 Å². The summed E-state index contributed by atoms with van der Waals surface area (Å²) in [5.74, 6) is 0.993. The van der Waals surface area contributed by atoms with Crippen molar-refractivity contribution >= 4 is 23.6 Å². The predicted octanol–water partition coefficient (Wildman–Crippen LogP) is 0.672. The quantitative estimate of drug-likeness (QED) is 0.708. The zero-order valence-corrected chi connectivity index (χ0v) is 11.4. The number of esters is 1. The molecule has 2 unspecified atom stereocenters. The Kier molecular flexibility index (Phi) is 4.88. The second-order valence-corrected chi connectivity index (χ2v) is 5.87. The number of amides is 1. The van der Waals surface area contributed by atoms with Crippen molar-refractivity contribution in [3.63, 3.8) is 0 Å². The molecule has 2 aliphatic rings. The number of morpholine rings is 1. The van der Waals surface area contributed by atoms with Gasteiger partial charge in [0.2, 0.25) is 5.91 Å². The van der Waals surface area contributed by atoms with E-state index in [1.54, 1.807) is 11.8 Å². The van der Waals surface area contributed by atoms with E-state index in [9.17, 15) is 9.59 Å². The van der Waals surface area contributed by atoms with Gasteiger partial charge in [-0.2, -0.15) is 0 Å². The van der Waals surface area contributed by atoms with E-state index in [4.69, 9.17) is 4.74 Å². The molecule has 2 heterocycles. The summed E-state index contributed by atoms with van der Waals surface area (Å²) in [7, 11) is 1.36. The maximum absolute atomic E-state index is 12.2. The SMILES string of the molecule is COC(=O)CC1CN(C(=O)C2CCCS2)CCO1. The van der Waals surface area contributed by atoms with Crippen molar-refractivity contribution in [1.82, 2.24) is 4.90 Å². The van der Waals surface area contributed by atoms with Gasteiger partial charge in [-0.1, -0.05) is 0 Å². The number of ether oxygens (including phenoxy) is 2. The van der Waals surface area contributed by atoms with Gasteiger partial charge in [0.25, 0.3) is 0 Å². The topological polar surface area (TPSA) is 55.8 Å². The monoisotopic (exact) mass is 273 g/mol. The first kappa shape index (κ1) is 13.7. The lowest BCUT2D eigenvalue weighted by Gasteiger charge is -2.33. The fourth-order valence-corrected chi connectivity index (χ4v) is 3.53. The number of nitrogens with zero attached hydrogens (tertiary/aromatic N) is 1. The van der Waals surface area contributed by atoms with Crippen LogP contribution in [0.3, 0.4) is 0 Å². The zero-order valence-electron chi connectivity index (χ0n) is 10.6. The van der Waals surface area contributed by atoms with E-state index in [0.29, 0.717) is 19.7 Å². The normalized spacial score (nSPS) is 28.2. The number of rotatable bonds is 3. The highest BCUT2D eigenvalue weighted by molar-refractivity contribution is 8.00. The maximum Gasteiger partial charge on any atom is 0.308 e. The Hall–Kier alpha value is -0.750. The Balaban J connectivity index is 1.85. The molecule has 0 bridgehead atoms. The summed E-state index contributed by atoms with van der Waals surface area (Å²) in [6, 6.07) is 0. The second-order valence-electron chi connectivity index (χ2n) is 4.56. The van der Waals surface area contributed by atoms with Crippen molar-refractivity contribution in [2.45, 2.75) is 30.6 Å². The largest absolute Gasteiger partial charge is 0.469 e. The fourth-order valence-electron chi connectivity index (χ4n) is 2.29. The summed E-state index contributed by atoms with van der Waals surface area (Å²) >= 11 is 1.74. The molecule has 0 radical (unpaired) electrons. The van der Waals surface area contributed by atoms with Gasteiger partial charge in [0, 0.05) is 13.1 Å². The Labute approximate surface area is 111 Å². The number of carbonyl (C=O) groups excluding carboxylic acids is 2. The molecule has 18 heavy (non-hydrogen) atoms. The van der Waals surface area contributed by atoms with Crippen LogP contribution in [0.25, 0.3) is 0 Å². The molecule has 102 valence electrons. The van der Waals surface area contributed by atoms with Crippen LogP contribution in [-0.4, -0.2) is 60.7 Å². The molecule has 2 aliphatic heterocycles. The van der Waals surface area contributed by atoms with Crippen molar-refractivity contribution in [1.29, 1.82) is 0 Å². The zero-order chi connectivity index (χ0) is 13.0. The summed E-state index contributed by atoms with van der Waals surface area (Å²) in [6.45, 7) is 1.64. The Morgan fingerprint density at radius 1 is 1.50 bits per heavy atom. The molecular weight excluding hydrogens is 254 g/mol. The molecule has 1 amide bonds. The first-order valence-corrected chi connectivity index (χ1v) is 7.34. The highest BCUT2D eigenvalue weighted by Gasteiger charge is 2.32. The highest BCUT2D eigenvalue weighted by Crippen LogP contribution is 2.28. The molecule has 2 saturated heterocycles. The Morgan fingerprint density at radius 2 is 2.33 bits per heavy atom. The van der Waals surface area contributed by atoms with Crippen LogP contribution < -0.4 is 0 Å². The van der Waals surface area contributed by atoms with Crippen LogP contribution >= 0.6 is 11.8 Å². The lowest BCUT2D eigenvalue weighted by Crippen LogP contribution is -2.48. The van der Waals surface area contributed by atoms with Crippen molar-refractivity contribution in [2.24, 2.45) is 0 Å². The van der Waals surface area contributed by atoms with E-state index in [1.807, 2.05) is 4.90 Å². The Bertz CT molecular complexity index is 317. The van der Waals surface area contributed by atoms with E-state index in [1.165, 1.54) is 7.11 Å². The van der Waals surface area contributed by atoms with Crippen molar-refractivity contribution in [3.8, 4) is 0 Å².